The summed E-state index contributed by atoms with van der Waals surface area (Å²) in [5.74, 6) is -1.35. The standard InChI is InChI=1S/C19H15BrN2O3/c1-10-3-8-14(11(2)9-10)22-18(23)15-16(21-25-17(15)19(22)24)12-4-6-13(20)7-5-12/h3-9,15,17H,1-2H3. The van der Waals surface area contributed by atoms with E-state index in [0.29, 0.717) is 11.4 Å². The molecule has 2 aromatic rings. The Morgan fingerprint density at radius 3 is 2.44 bits per heavy atom. The summed E-state index contributed by atoms with van der Waals surface area (Å²) >= 11 is 3.39. The first kappa shape index (κ1) is 16.0. The van der Waals surface area contributed by atoms with E-state index in [1.54, 1.807) is 6.07 Å². The lowest BCUT2D eigenvalue weighted by Crippen LogP contribution is -2.33. The number of hydrogen-bond donors (Lipinski definition) is 0. The van der Waals surface area contributed by atoms with Crippen molar-refractivity contribution in [2.45, 2.75) is 20.0 Å². The molecule has 0 aromatic heterocycles. The van der Waals surface area contributed by atoms with Gasteiger partial charge < -0.3 is 4.84 Å². The van der Waals surface area contributed by atoms with Crippen molar-refractivity contribution in [1.82, 2.24) is 0 Å². The number of imide groups is 1. The van der Waals surface area contributed by atoms with Crippen molar-refractivity contribution in [3.05, 3.63) is 63.6 Å². The minimum absolute atomic E-state index is 0.291. The second-order valence-corrected chi connectivity index (χ2v) is 7.20. The summed E-state index contributed by atoms with van der Waals surface area (Å²) in [4.78, 5) is 32.4. The minimum atomic E-state index is -0.883. The molecule has 126 valence electrons. The summed E-state index contributed by atoms with van der Waals surface area (Å²) in [6.07, 6.45) is -0.883. The second-order valence-electron chi connectivity index (χ2n) is 6.29. The molecule has 0 aliphatic carbocycles. The maximum Gasteiger partial charge on any atom is 0.278 e. The molecule has 2 unspecified atom stereocenters. The molecule has 0 radical (unpaired) electrons. The van der Waals surface area contributed by atoms with E-state index in [9.17, 15) is 9.59 Å². The number of oxime groups is 1. The van der Waals surface area contributed by atoms with Crippen molar-refractivity contribution < 1.29 is 14.4 Å². The lowest BCUT2D eigenvalue weighted by molar-refractivity contribution is -0.126. The zero-order valence-corrected chi connectivity index (χ0v) is 15.3. The van der Waals surface area contributed by atoms with Crippen LogP contribution in [0.2, 0.25) is 0 Å². The van der Waals surface area contributed by atoms with Gasteiger partial charge in [-0.1, -0.05) is 50.9 Å². The van der Waals surface area contributed by atoms with Gasteiger partial charge >= 0.3 is 0 Å². The molecule has 0 spiro atoms. The summed E-state index contributed by atoms with van der Waals surface area (Å²) in [5, 5.41) is 4.02. The fourth-order valence-electron chi connectivity index (χ4n) is 3.33. The van der Waals surface area contributed by atoms with Crippen LogP contribution in [0.5, 0.6) is 0 Å². The van der Waals surface area contributed by atoms with E-state index in [0.717, 1.165) is 21.2 Å². The summed E-state index contributed by atoms with van der Waals surface area (Å²) in [5.41, 5.74) is 3.84. The van der Waals surface area contributed by atoms with Gasteiger partial charge in [-0.05, 0) is 37.6 Å². The fraction of sp³-hybridized carbons (Fsp3) is 0.211. The van der Waals surface area contributed by atoms with Gasteiger partial charge in [-0.3, -0.25) is 9.59 Å². The van der Waals surface area contributed by atoms with Gasteiger partial charge in [0.1, 0.15) is 11.6 Å². The number of fused-ring (bicyclic) bond motifs is 1. The molecule has 2 heterocycles. The van der Waals surface area contributed by atoms with Gasteiger partial charge in [-0.15, -0.1) is 0 Å². The Balaban J connectivity index is 1.72. The Morgan fingerprint density at radius 1 is 1.04 bits per heavy atom. The van der Waals surface area contributed by atoms with Crippen LogP contribution in [0.4, 0.5) is 5.69 Å². The molecule has 2 atom stereocenters. The Bertz CT molecular complexity index is 921. The van der Waals surface area contributed by atoms with Crippen LogP contribution in [0, 0.1) is 19.8 Å². The summed E-state index contributed by atoms with van der Waals surface area (Å²) in [6.45, 7) is 3.86. The van der Waals surface area contributed by atoms with Crippen LogP contribution in [0.15, 0.2) is 52.1 Å². The Kier molecular flexibility index (Phi) is 3.72. The number of amides is 2. The minimum Gasteiger partial charge on any atom is -0.381 e. The molecule has 6 heteroatoms. The van der Waals surface area contributed by atoms with Crippen LogP contribution in [-0.2, 0) is 14.4 Å². The lowest BCUT2D eigenvalue weighted by Gasteiger charge is -2.18. The van der Waals surface area contributed by atoms with Crippen molar-refractivity contribution in [3.63, 3.8) is 0 Å². The molecule has 0 bridgehead atoms. The van der Waals surface area contributed by atoms with Crippen molar-refractivity contribution >= 4 is 39.1 Å². The molecule has 2 aliphatic heterocycles. The van der Waals surface area contributed by atoms with Crippen LogP contribution in [-0.4, -0.2) is 23.6 Å². The number of carbonyl (C=O) groups excluding carboxylic acids is 2. The van der Waals surface area contributed by atoms with E-state index in [2.05, 4.69) is 21.1 Å². The maximum atomic E-state index is 13.0. The van der Waals surface area contributed by atoms with E-state index in [1.807, 2.05) is 50.2 Å². The molecular formula is C19H15BrN2O3. The van der Waals surface area contributed by atoms with Crippen LogP contribution < -0.4 is 4.90 Å². The van der Waals surface area contributed by atoms with Crippen LogP contribution in [0.3, 0.4) is 0 Å². The molecule has 1 saturated heterocycles. The van der Waals surface area contributed by atoms with Crippen LogP contribution in [0.25, 0.3) is 0 Å². The molecular weight excluding hydrogens is 384 g/mol. The summed E-state index contributed by atoms with van der Waals surface area (Å²) in [6, 6.07) is 13.1. The molecule has 2 amide bonds. The molecule has 25 heavy (non-hydrogen) atoms. The molecule has 4 rings (SSSR count). The largest absolute Gasteiger partial charge is 0.381 e. The monoisotopic (exact) mass is 398 g/mol. The average molecular weight is 399 g/mol. The molecule has 5 nitrogen and oxygen atoms in total. The predicted octanol–water partition coefficient (Wildman–Crippen LogP) is 3.36. The van der Waals surface area contributed by atoms with Gasteiger partial charge in [0.15, 0.2) is 0 Å². The third-order valence-corrected chi connectivity index (χ3v) is 5.07. The number of rotatable bonds is 2. The van der Waals surface area contributed by atoms with E-state index in [1.165, 1.54) is 4.90 Å². The third-order valence-electron chi connectivity index (χ3n) is 4.55. The number of halogens is 1. The van der Waals surface area contributed by atoms with E-state index in [4.69, 9.17) is 4.84 Å². The zero-order chi connectivity index (χ0) is 17.7. The Hall–Kier alpha value is -2.47. The van der Waals surface area contributed by atoms with Crippen molar-refractivity contribution in [1.29, 1.82) is 0 Å². The maximum absolute atomic E-state index is 13.0. The molecule has 2 aliphatic rings. The second kappa shape index (κ2) is 5.81. The van der Waals surface area contributed by atoms with Gasteiger partial charge in [0.25, 0.3) is 5.91 Å². The van der Waals surface area contributed by atoms with Crippen molar-refractivity contribution in [2.75, 3.05) is 4.90 Å². The summed E-state index contributed by atoms with van der Waals surface area (Å²) in [7, 11) is 0. The van der Waals surface area contributed by atoms with E-state index in [-0.39, 0.29) is 11.8 Å². The van der Waals surface area contributed by atoms with Gasteiger partial charge in [0.2, 0.25) is 12.0 Å². The quantitative estimate of drug-likeness (QED) is 0.728. The van der Waals surface area contributed by atoms with Gasteiger partial charge in [0, 0.05) is 10.0 Å². The third kappa shape index (κ3) is 2.48. The topological polar surface area (TPSA) is 59.0 Å². The van der Waals surface area contributed by atoms with Crippen molar-refractivity contribution in [2.24, 2.45) is 11.1 Å². The Morgan fingerprint density at radius 2 is 1.76 bits per heavy atom. The van der Waals surface area contributed by atoms with Gasteiger partial charge in [-0.25, -0.2) is 4.90 Å². The highest BCUT2D eigenvalue weighted by Crippen LogP contribution is 2.36. The van der Waals surface area contributed by atoms with Gasteiger partial charge in [0.05, 0.1) is 5.69 Å². The van der Waals surface area contributed by atoms with Crippen molar-refractivity contribution in [3.8, 4) is 0 Å². The van der Waals surface area contributed by atoms with E-state index < -0.39 is 12.0 Å². The number of nitrogens with zero attached hydrogens (tertiary/aromatic N) is 2. The highest BCUT2D eigenvalue weighted by molar-refractivity contribution is 9.10. The molecule has 0 saturated carbocycles. The molecule has 0 N–H and O–H groups in total. The van der Waals surface area contributed by atoms with E-state index >= 15 is 0 Å². The number of carbonyl (C=O) groups is 2. The fourth-order valence-corrected chi connectivity index (χ4v) is 3.59. The highest BCUT2D eigenvalue weighted by atomic mass is 79.9. The highest BCUT2D eigenvalue weighted by Gasteiger charge is 2.56. The smallest absolute Gasteiger partial charge is 0.278 e. The number of hydrogen-bond acceptors (Lipinski definition) is 4. The Labute approximate surface area is 153 Å². The zero-order valence-electron chi connectivity index (χ0n) is 13.7. The molecule has 1 fully saturated rings. The SMILES string of the molecule is Cc1ccc(N2C(=O)C3ON=C(c4ccc(Br)cc4)C3C2=O)c(C)c1. The summed E-state index contributed by atoms with van der Waals surface area (Å²) < 4.78 is 0.929. The molecule has 2 aromatic carbocycles. The van der Waals surface area contributed by atoms with Crippen LogP contribution in [0.1, 0.15) is 16.7 Å². The predicted molar refractivity (Wildman–Crippen MR) is 97.5 cm³/mol. The first-order chi connectivity index (χ1) is 12.0. The normalized spacial score (nSPS) is 22.0. The first-order valence-corrected chi connectivity index (χ1v) is 8.71. The number of benzene rings is 2. The number of anilines is 1. The van der Waals surface area contributed by atoms with Crippen LogP contribution >= 0.6 is 15.9 Å². The van der Waals surface area contributed by atoms with Gasteiger partial charge in [-0.2, -0.15) is 0 Å². The number of aryl methyl sites for hydroxylation is 2. The first-order valence-electron chi connectivity index (χ1n) is 7.92. The lowest BCUT2D eigenvalue weighted by atomic mass is 9.94. The average Bonchev–Trinajstić information content (AvgIpc) is 3.11.